The number of hydrogen-bond donors (Lipinski definition) is 2. The fourth-order valence-corrected chi connectivity index (χ4v) is 9.74. The van der Waals surface area contributed by atoms with Crippen molar-refractivity contribution in [3.8, 4) is 23.0 Å². The number of nitrogens with one attached hydrogen (secondary N) is 2. The average molecular weight is 1080 g/mol. The third kappa shape index (κ3) is 10.1. The lowest BCUT2D eigenvalue weighted by Gasteiger charge is -2.35. The van der Waals surface area contributed by atoms with Gasteiger partial charge in [-0.25, -0.2) is 48.0 Å². The van der Waals surface area contributed by atoms with Gasteiger partial charge in [0.1, 0.15) is 74.9 Å². The number of halogens is 2. The Bertz CT molecular complexity index is 4100. The first-order valence-electron chi connectivity index (χ1n) is 25.6. The molecule has 0 atom stereocenters. The molecule has 0 bridgehead atoms. The van der Waals surface area contributed by atoms with Gasteiger partial charge in [0.2, 0.25) is 11.8 Å². The summed E-state index contributed by atoms with van der Waals surface area (Å²) in [4.78, 5) is 60.6. The number of anilines is 6. The maximum Gasteiger partial charge on any atom is 0.246 e. The zero-order valence-corrected chi connectivity index (χ0v) is 43.6. The van der Waals surface area contributed by atoms with Crippen LogP contribution in [0.15, 0.2) is 122 Å². The molecule has 10 aromatic rings. The van der Waals surface area contributed by atoms with Crippen LogP contribution in [0.3, 0.4) is 0 Å². The van der Waals surface area contributed by atoms with Gasteiger partial charge in [0.25, 0.3) is 0 Å². The van der Waals surface area contributed by atoms with E-state index < -0.39 is 11.6 Å². The first kappa shape index (κ1) is 50.6. The van der Waals surface area contributed by atoms with E-state index in [2.05, 4.69) is 67.6 Å². The van der Waals surface area contributed by atoms with Crippen LogP contribution in [0.4, 0.5) is 43.4 Å². The molecule has 2 aliphatic heterocycles. The SMILES string of the molecule is C=CC(=O)N1CCN(c2ccc3ncnc(Nc4ccc(Oc5cc(F)c6c(c5)nnn6C/C=C/C(=O)N5CCN(c6ccc7ncnc(Nc8ccc(Oc9ccc%10c(c9)nnn%10C)c(C)c8)c7n6)CC5)c(C)c4F)c3n2)CC1. The molecule has 2 fully saturated rings. The molecule has 0 spiro atoms. The Labute approximate surface area is 455 Å². The number of fused-ring (bicyclic) bond motifs is 4. The van der Waals surface area contributed by atoms with Crippen LogP contribution in [0.5, 0.6) is 23.0 Å². The van der Waals surface area contributed by atoms with Gasteiger partial charge in [0.15, 0.2) is 23.3 Å². The number of piperazine rings is 2. The van der Waals surface area contributed by atoms with E-state index in [9.17, 15) is 9.59 Å². The zero-order chi connectivity index (χ0) is 55.0. The Morgan fingerprint density at radius 3 is 1.95 bits per heavy atom. The highest BCUT2D eigenvalue weighted by Crippen LogP contribution is 2.36. The molecule has 2 amide bonds. The number of allylic oxidation sites excluding steroid dienone is 1. The van der Waals surface area contributed by atoms with Crippen molar-refractivity contribution in [3.63, 3.8) is 0 Å². The second-order valence-electron chi connectivity index (χ2n) is 19.1. The average Bonchev–Trinajstić information content (AvgIpc) is 4.11. The highest BCUT2D eigenvalue weighted by Gasteiger charge is 2.24. The van der Waals surface area contributed by atoms with Crippen molar-refractivity contribution in [1.29, 1.82) is 0 Å². The number of carbonyl (C=O) groups is 2. The van der Waals surface area contributed by atoms with Crippen molar-refractivity contribution in [3.05, 3.63) is 145 Å². The van der Waals surface area contributed by atoms with Crippen molar-refractivity contribution in [2.75, 3.05) is 72.8 Å². The number of aryl methyl sites for hydroxylation is 2. The maximum absolute atomic E-state index is 16.1. The van der Waals surface area contributed by atoms with Gasteiger partial charge in [0.05, 0.1) is 28.8 Å². The molecule has 0 aliphatic carbocycles. The highest BCUT2D eigenvalue weighted by molar-refractivity contribution is 5.91. The van der Waals surface area contributed by atoms with E-state index in [1.807, 2.05) is 74.6 Å². The van der Waals surface area contributed by atoms with Gasteiger partial charge in [-0.1, -0.05) is 23.1 Å². The summed E-state index contributed by atoms with van der Waals surface area (Å²) in [7, 11) is 1.84. The van der Waals surface area contributed by atoms with Crippen LogP contribution in [0, 0.1) is 25.5 Å². The van der Waals surface area contributed by atoms with Crippen molar-refractivity contribution < 1.29 is 27.8 Å². The molecule has 2 N–H and O–H groups in total. The lowest BCUT2D eigenvalue weighted by Crippen LogP contribution is -2.48. The van der Waals surface area contributed by atoms with Crippen LogP contribution in [0.2, 0.25) is 0 Å². The summed E-state index contributed by atoms with van der Waals surface area (Å²) in [5.74, 6) is 2.26. The lowest BCUT2D eigenvalue weighted by molar-refractivity contribution is -0.127. The van der Waals surface area contributed by atoms with E-state index in [0.717, 1.165) is 28.1 Å². The number of amides is 2. The molecule has 6 aromatic heterocycles. The van der Waals surface area contributed by atoms with E-state index in [1.54, 1.807) is 33.5 Å². The summed E-state index contributed by atoms with van der Waals surface area (Å²) >= 11 is 0. The molecule has 402 valence electrons. The summed E-state index contributed by atoms with van der Waals surface area (Å²) in [5.41, 5.74) is 6.24. The fourth-order valence-electron chi connectivity index (χ4n) is 9.74. The standard InChI is InChI=1S/C56H50F2N18O4/c1-5-49(77)74-23-19-72(20-24-74)48-17-12-41-53(66-48)56(62-32-60-41)64-39-10-15-46(34(3)51(39)58)80-37-28-38(57)54-43(30-37)68-70-76(54)18-6-7-50(78)75-25-21-73(22-26-75)47-16-11-40-52(65-47)55(61-31-59-40)63-35-8-14-45(33(2)27-35)79-36-9-13-44-42(29-36)67-69-71(44)4/h5-17,27-32H,1,18-26H2,2-4H3,(H,59,61,63)(H,60,62,64)/b7-6+. The van der Waals surface area contributed by atoms with E-state index in [1.165, 1.54) is 47.7 Å². The Morgan fingerprint density at radius 1 is 0.650 bits per heavy atom. The zero-order valence-electron chi connectivity index (χ0n) is 43.6. The first-order chi connectivity index (χ1) is 38.9. The van der Waals surface area contributed by atoms with E-state index >= 15 is 8.78 Å². The predicted octanol–water partition coefficient (Wildman–Crippen LogP) is 8.10. The van der Waals surface area contributed by atoms with E-state index in [4.69, 9.17) is 19.4 Å². The topological polar surface area (TPSA) is 228 Å². The molecule has 4 aromatic carbocycles. The molecule has 8 heterocycles. The molecule has 0 radical (unpaired) electrons. The fraction of sp³-hybridized carbons (Fsp3) is 0.214. The Morgan fingerprint density at radius 2 is 1.27 bits per heavy atom. The Kier molecular flexibility index (Phi) is 13.4. The summed E-state index contributed by atoms with van der Waals surface area (Å²) < 4.78 is 47.2. The maximum atomic E-state index is 16.1. The number of pyridine rings is 2. The van der Waals surface area contributed by atoms with Gasteiger partial charge in [0, 0.05) is 94.9 Å². The smallest absolute Gasteiger partial charge is 0.246 e. The largest absolute Gasteiger partial charge is 0.457 e. The number of ether oxygens (including phenoxy) is 2. The quantitative estimate of drug-likeness (QED) is 0.0980. The van der Waals surface area contributed by atoms with Crippen molar-refractivity contribution in [2.45, 2.75) is 20.4 Å². The van der Waals surface area contributed by atoms with Crippen LogP contribution < -0.4 is 29.9 Å². The number of hydrogen-bond acceptors (Lipinski definition) is 18. The van der Waals surface area contributed by atoms with Crippen LogP contribution >= 0.6 is 0 Å². The molecule has 0 unspecified atom stereocenters. The Balaban J connectivity index is 0.650. The lowest BCUT2D eigenvalue weighted by atomic mass is 10.1. The van der Waals surface area contributed by atoms with Gasteiger partial charge in [-0.2, -0.15) is 0 Å². The number of benzene rings is 4. The summed E-state index contributed by atoms with van der Waals surface area (Å²) in [6.07, 6.45) is 7.25. The monoisotopic (exact) mass is 1080 g/mol. The summed E-state index contributed by atoms with van der Waals surface area (Å²) in [6.45, 7) is 11.4. The van der Waals surface area contributed by atoms with Crippen molar-refractivity contribution in [1.82, 2.24) is 69.7 Å². The molecule has 2 aliphatic rings. The number of rotatable bonds is 14. The highest BCUT2D eigenvalue weighted by atomic mass is 19.1. The van der Waals surface area contributed by atoms with Gasteiger partial charge < -0.3 is 39.7 Å². The van der Waals surface area contributed by atoms with Crippen LogP contribution in [0.1, 0.15) is 11.1 Å². The Hall–Kier alpha value is -10.3. The van der Waals surface area contributed by atoms with Gasteiger partial charge >= 0.3 is 0 Å². The second-order valence-corrected chi connectivity index (χ2v) is 19.1. The van der Waals surface area contributed by atoms with Crippen molar-refractivity contribution in [2.24, 2.45) is 7.05 Å². The summed E-state index contributed by atoms with van der Waals surface area (Å²) in [6, 6.07) is 24.7. The molecule has 24 heteroatoms. The van der Waals surface area contributed by atoms with Crippen LogP contribution in [-0.4, -0.2) is 134 Å². The molecular weight excluding hydrogens is 1030 g/mol. The molecular formula is C56H50F2N18O4. The predicted molar refractivity (Wildman–Crippen MR) is 297 cm³/mol. The third-order valence-corrected chi connectivity index (χ3v) is 14.1. The normalized spacial score (nSPS) is 14.0. The first-order valence-corrected chi connectivity index (χ1v) is 25.6. The number of aromatic nitrogens is 12. The van der Waals surface area contributed by atoms with Crippen molar-refractivity contribution >= 4 is 90.6 Å². The van der Waals surface area contributed by atoms with Crippen LogP contribution in [0.25, 0.3) is 44.1 Å². The minimum atomic E-state index is -0.662. The third-order valence-electron chi connectivity index (χ3n) is 14.1. The second kappa shape index (κ2) is 21.3. The minimum absolute atomic E-state index is 0.0735. The molecule has 80 heavy (non-hydrogen) atoms. The van der Waals surface area contributed by atoms with E-state index in [0.29, 0.717) is 103 Å². The minimum Gasteiger partial charge on any atom is -0.457 e. The molecule has 22 nitrogen and oxygen atoms in total. The summed E-state index contributed by atoms with van der Waals surface area (Å²) in [5, 5.41) is 23.0. The van der Waals surface area contributed by atoms with Crippen LogP contribution in [-0.2, 0) is 23.2 Å². The van der Waals surface area contributed by atoms with E-state index in [-0.39, 0.29) is 52.1 Å². The van der Waals surface area contributed by atoms with Gasteiger partial charge in [-0.3, -0.25) is 9.59 Å². The molecule has 0 saturated carbocycles. The number of carbonyl (C=O) groups excluding carboxylic acids is 2. The number of nitrogens with zero attached hydrogens (tertiary/aromatic N) is 16. The molecule has 2 saturated heterocycles. The van der Waals surface area contributed by atoms with Gasteiger partial charge in [-0.15, -0.1) is 10.2 Å². The molecule has 12 rings (SSSR count). The van der Waals surface area contributed by atoms with Gasteiger partial charge in [-0.05, 0) is 92.2 Å².